The van der Waals surface area contributed by atoms with Gasteiger partial charge in [-0.1, -0.05) is 48.0 Å². The number of rotatable bonds is 6. The van der Waals surface area contributed by atoms with Crippen LogP contribution in [0.2, 0.25) is 0 Å². The zero-order valence-corrected chi connectivity index (χ0v) is 15.1. The fourth-order valence-corrected chi connectivity index (χ4v) is 2.66. The van der Waals surface area contributed by atoms with Crippen molar-refractivity contribution in [1.82, 2.24) is 10.3 Å². The van der Waals surface area contributed by atoms with Crippen molar-refractivity contribution in [3.63, 3.8) is 0 Å². The molecule has 136 valence electrons. The molecule has 5 nitrogen and oxygen atoms in total. The summed E-state index contributed by atoms with van der Waals surface area (Å²) in [5.41, 5.74) is 4.15. The van der Waals surface area contributed by atoms with Crippen LogP contribution in [0, 0.1) is 6.92 Å². The minimum absolute atomic E-state index is 0.0927. The zero-order chi connectivity index (χ0) is 19.1. The molecule has 2 aromatic carbocycles. The molecule has 0 saturated carbocycles. The minimum atomic E-state index is -0.205. The van der Waals surface area contributed by atoms with Crippen LogP contribution in [0.5, 0.6) is 0 Å². The molecular weight excluding hydrogens is 338 g/mol. The van der Waals surface area contributed by atoms with Crippen LogP contribution in [-0.2, 0) is 17.8 Å². The molecule has 0 aliphatic heterocycles. The molecule has 1 aromatic heterocycles. The number of amides is 2. The van der Waals surface area contributed by atoms with E-state index >= 15 is 0 Å². The Hall–Kier alpha value is -3.47. The van der Waals surface area contributed by atoms with E-state index in [9.17, 15) is 9.59 Å². The molecule has 0 fully saturated rings. The highest BCUT2D eigenvalue weighted by molar-refractivity contribution is 5.94. The third-order valence-electron chi connectivity index (χ3n) is 4.14. The second-order valence-corrected chi connectivity index (χ2v) is 6.29. The highest BCUT2D eigenvalue weighted by atomic mass is 16.2. The number of carbonyl (C=O) groups is 2. The first-order valence-corrected chi connectivity index (χ1v) is 8.73. The van der Waals surface area contributed by atoms with Gasteiger partial charge in [-0.3, -0.25) is 14.6 Å². The van der Waals surface area contributed by atoms with Crippen molar-refractivity contribution in [2.45, 2.75) is 19.9 Å². The number of hydrogen-bond acceptors (Lipinski definition) is 3. The van der Waals surface area contributed by atoms with Crippen molar-refractivity contribution in [3.8, 4) is 0 Å². The van der Waals surface area contributed by atoms with Crippen molar-refractivity contribution in [2.75, 3.05) is 5.32 Å². The summed E-state index contributed by atoms with van der Waals surface area (Å²) in [5, 5.41) is 5.79. The number of para-hydroxylation sites is 1. The number of anilines is 1. The number of pyridine rings is 1. The predicted octanol–water partition coefficient (Wildman–Crippen LogP) is 3.50. The molecule has 0 bridgehead atoms. The van der Waals surface area contributed by atoms with Crippen molar-refractivity contribution < 1.29 is 9.59 Å². The fraction of sp³-hybridized carbons (Fsp3) is 0.136. The zero-order valence-electron chi connectivity index (χ0n) is 15.1. The standard InChI is InChI=1S/C22H21N3O2/c1-16-8-10-17(11-9-16)13-21(26)25-20-7-3-2-5-18(20)15-24-22(27)19-6-4-12-23-14-19/h2-12,14H,13,15H2,1H3,(H,24,27)(H,25,26). The van der Waals surface area contributed by atoms with E-state index in [0.29, 0.717) is 24.2 Å². The van der Waals surface area contributed by atoms with Gasteiger partial charge < -0.3 is 10.6 Å². The molecule has 3 rings (SSSR count). The first kappa shape index (κ1) is 18.3. The number of hydrogen-bond donors (Lipinski definition) is 2. The van der Waals surface area contributed by atoms with Gasteiger partial charge in [0.1, 0.15) is 0 Å². The Morgan fingerprint density at radius 2 is 1.74 bits per heavy atom. The van der Waals surface area contributed by atoms with E-state index in [2.05, 4.69) is 15.6 Å². The summed E-state index contributed by atoms with van der Waals surface area (Å²) < 4.78 is 0. The average Bonchev–Trinajstić information content (AvgIpc) is 2.69. The summed E-state index contributed by atoms with van der Waals surface area (Å²) in [6.45, 7) is 2.33. The van der Waals surface area contributed by atoms with Crippen LogP contribution in [0.4, 0.5) is 5.69 Å². The van der Waals surface area contributed by atoms with Gasteiger partial charge in [0.15, 0.2) is 0 Å². The molecular formula is C22H21N3O2. The molecule has 5 heteroatoms. The summed E-state index contributed by atoms with van der Waals surface area (Å²) in [6.07, 6.45) is 3.44. The molecule has 0 saturated heterocycles. The van der Waals surface area contributed by atoms with Crippen LogP contribution in [-0.4, -0.2) is 16.8 Å². The van der Waals surface area contributed by atoms with Gasteiger partial charge in [0.2, 0.25) is 5.91 Å². The molecule has 0 aliphatic carbocycles. The first-order valence-electron chi connectivity index (χ1n) is 8.73. The van der Waals surface area contributed by atoms with Gasteiger partial charge in [0, 0.05) is 24.6 Å². The molecule has 0 aliphatic rings. The van der Waals surface area contributed by atoms with E-state index in [1.165, 1.54) is 6.20 Å². The topological polar surface area (TPSA) is 71.1 Å². The normalized spacial score (nSPS) is 10.3. The number of aryl methyl sites for hydroxylation is 1. The Balaban J connectivity index is 1.62. The molecule has 0 radical (unpaired) electrons. The van der Waals surface area contributed by atoms with E-state index in [1.807, 2.05) is 55.5 Å². The lowest BCUT2D eigenvalue weighted by Gasteiger charge is -2.12. The Morgan fingerprint density at radius 1 is 0.963 bits per heavy atom. The van der Waals surface area contributed by atoms with Crippen molar-refractivity contribution >= 4 is 17.5 Å². The highest BCUT2D eigenvalue weighted by Gasteiger charge is 2.10. The molecule has 2 amide bonds. The summed E-state index contributed by atoms with van der Waals surface area (Å²) in [5.74, 6) is -0.297. The maximum atomic E-state index is 12.4. The van der Waals surface area contributed by atoms with Crippen LogP contribution in [0.3, 0.4) is 0 Å². The van der Waals surface area contributed by atoms with Crippen LogP contribution in [0.15, 0.2) is 73.1 Å². The van der Waals surface area contributed by atoms with E-state index in [0.717, 1.165) is 16.7 Å². The number of nitrogens with zero attached hydrogens (tertiary/aromatic N) is 1. The lowest BCUT2D eigenvalue weighted by Crippen LogP contribution is -2.24. The molecule has 0 unspecified atom stereocenters. The molecule has 3 aromatic rings. The van der Waals surface area contributed by atoms with Crippen LogP contribution in [0.1, 0.15) is 27.0 Å². The third kappa shape index (κ3) is 5.25. The van der Waals surface area contributed by atoms with Crippen LogP contribution in [0.25, 0.3) is 0 Å². The van der Waals surface area contributed by atoms with Gasteiger partial charge in [-0.05, 0) is 36.2 Å². The number of nitrogens with one attached hydrogen (secondary N) is 2. The first-order chi connectivity index (χ1) is 13.1. The Morgan fingerprint density at radius 3 is 2.48 bits per heavy atom. The summed E-state index contributed by atoms with van der Waals surface area (Å²) in [6, 6.07) is 18.8. The summed E-state index contributed by atoms with van der Waals surface area (Å²) in [7, 11) is 0. The van der Waals surface area contributed by atoms with E-state index in [-0.39, 0.29) is 11.8 Å². The number of aromatic nitrogens is 1. The fourth-order valence-electron chi connectivity index (χ4n) is 2.66. The quantitative estimate of drug-likeness (QED) is 0.708. The van der Waals surface area contributed by atoms with Gasteiger partial charge >= 0.3 is 0 Å². The third-order valence-corrected chi connectivity index (χ3v) is 4.14. The van der Waals surface area contributed by atoms with E-state index < -0.39 is 0 Å². The molecule has 1 heterocycles. The Labute approximate surface area is 158 Å². The maximum Gasteiger partial charge on any atom is 0.253 e. The van der Waals surface area contributed by atoms with Gasteiger partial charge in [0.25, 0.3) is 5.91 Å². The van der Waals surface area contributed by atoms with Gasteiger partial charge in [-0.2, -0.15) is 0 Å². The van der Waals surface area contributed by atoms with Crippen molar-refractivity contribution in [1.29, 1.82) is 0 Å². The van der Waals surface area contributed by atoms with E-state index in [4.69, 9.17) is 0 Å². The molecule has 2 N–H and O–H groups in total. The summed E-state index contributed by atoms with van der Waals surface area (Å²) >= 11 is 0. The minimum Gasteiger partial charge on any atom is -0.348 e. The SMILES string of the molecule is Cc1ccc(CC(=O)Nc2ccccc2CNC(=O)c2cccnc2)cc1. The number of carbonyl (C=O) groups excluding carboxylic acids is 2. The van der Waals surface area contributed by atoms with Gasteiger partial charge in [-0.25, -0.2) is 0 Å². The monoisotopic (exact) mass is 359 g/mol. The smallest absolute Gasteiger partial charge is 0.253 e. The maximum absolute atomic E-state index is 12.4. The lowest BCUT2D eigenvalue weighted by molar-refractivity contribution is -0.115. The van der Waals surface area contributed by atoms with E-state index in [1.54, 1.807) is 18.3 Å². The average molecular weight is 359 g/mol. The second-order valence-electron chi connectivity index (χ2n) is 6.29. The van der Waals surface area contributed by atoms with Crippen LogP contribution < -0.4 is 10.6 Å². The number of benzene rings is 2. The molecule has 27 heavy (non-hydrogen) atoms. The predicted molar refractivity (Wildman–Crippen MR) is 105 cm³/mol. The largest absolute Gasteiger partial charge is 0.348 e. The van der Waals surface area contributed by atoms with Crippen LogP contribution >= 0.6 is 0 Å². The molecule has 0 spiro atoms. The second kappa shape index (κ2) is 8.76. The van der Waals surface area contributed by atoms with Crippen molar-refractivity contribution in [3.05, 3.63) is 95.3 Å². The Bertz CT molecular complexity index is 922. The summed E-state index contributed by atoms with van der Waals surface area (Å²) in [4.78, 5) is 28.5. The van der Waals surface area contributed by atoms with Gasteiger partial charge in [0.05, 0.1) is 12.0 Å². The van der Waals surface area contributed by atoms with Gasteiger partial charge in [-0.15, -0.1) is 0 Å². The van der Waals surface area contributed by atoms with Crippen molar-refractivity contribution in [2.24, 2.45) is 0 Å². The Kier molecular flexibility index (Phi) is 5.94. The lowest BCUT2D eigenvalue weighted by atomic mass is 10.1. The molecule has 0 atom stereocenters. The highest BCUT2D eigenvalue weighted by Crippen LogP contribution is 2.16.